The van der Waals surface area contributed by atoms with Crippen LogP contribution in [0.4, 0.5) is 17.1 Å². The summed E-state index contributed by atoms with van der Waals surface area (Å²) in [6.07, 6.45) is 0. The molecule has 0 amide bonds. The third kappa shape index (κ3) is 3.82. The number of para-hydroxylation sites is 1. The Balaban J connectivity index is 1.27. The molecule has 0 bridgehead atoms. The maximum Gasteiger partial charge on any atom is 0.135 e. The van der Waals surface area contributed by atoms with Gasteiger partial charge in [-0.05, 0) is 81.9 Å². The molecule has 212 valence electrons. The van der Waals surface area contributed by atoms with Gasteiger partial charge in [-0.2, -0.15) is 0 Å². The van der Waals surface area contributed by atoms with Crippen LogP contribution in [-0.4, -0.2) is 0 Å². The van der Waals surface area contributed by atoms with Gasteiger partial charge in [0, 0.05) is 27.8 Å². The van der Waals surface area contributed by atoms with Crippen LogP contribution in [-0.2, 0) is 5.41 Å². The molecule has 45 heavy (non-hydrogen) atoms. The van der Waals surface area contributed by atoms with E-state index in [1.54, 1.807) is 0 Å². The van der Waals surface area contributed by atoms with Crippen molar-refractivity contribution in [3.8, 4) is 11.1 Å². The fourth-order valence-electron chi connectivity index (χ4n) is 7.45. The molecule has 9 rings (SSSR count). The predicted molar refractivity (Wildman–Crippen MR) is 186 cm³/mol. The maximum atomic E-state index is 6.35. The fourth-order valence-corrected chi connectivity index (χ4v) is 7.45. The van der Waals surface area contributed by atoms with Gasteiger partial charge in [0.15, 0.2) is 0 Å². The van der Waals surface area contributed by atoms with Gasteiger partial charge < -0.3 is 9.32 Å². The van der Waals surface area contributed by atoms with Crippen LogP contribution >= 0.6 is 0 Å². The zero-order valence-electron chi connectivity index (χ0n) is 24.6. The molecule has 0 saturated carbocycles. The fraction of sp³-hybridized carbons (Fsp3) is 0.0233. The number of rotatable bonds is 6. The van der Waals surface area contributed by atoms with E-state index in [0.717, 1.165) is 28.2 Å². The monoisotopic (exact) mass is 575 g/mol. The minimum Gasteiger partial charge on any atom is -0.456 e. The lowest BCUT2D eigenvalue weighted by Gasteiger charge is -2.35. The largest absolute Gasteiger partial charge is 0.456 e. The van der Waals surface area contributed by atoms with E-state index >= 15 is 0 Å². The highest BCUT2D eigenvalue weighted by Gasteiger charge is 2.46. The highest BCUT2D eigenvalue weighted by molar-refractivity contribution is 6.14. The molecule has 0 radical (unpaired) electrons. The third-order valence-corrected chi connectivity index (χ3v) is 9.32. The van der Waals surface area contributed by atoms with E-state index in [4.69, 9.17) is 4.42 Å². The number of hydrogen-bond acceptors (Lipinski definition) is 2. The number of hydrogen-bond donors (Lipinski definition) is 0. The first kappa shape index (κ1) is 25.6. The van der Waals surface area contributed by atoms with Gasteiger partial charge in [0.1, 0.15) is 11.2 Å². The Bertz CT molecular complexity index is 2240. The average molecular weight is 576 g/mol. The second-order valence-corrected chi connectivity index (χ2v) is 11.7. The Kier molecular flexibility index (Phi) is 5.76. The molecule has 0 atom stereocenters. The van der Waals surface area contributed by atoms with Crippen LogP contribution < -0.4 is 4.90 Å². The first-order valence-electron chi connectivity index (χ1n) is 15.4. The second kappa shape index (κ2) is 10.1. The van der Waals surface area contributed by atoms with Crippen molar-refractivity contribution in [3.05, 3.63) is 198 Å². The van der Waals surface area contributed by atoms with Gasteiger partial charge in [-0.1, -0.05) is 127 Å². The summed E-state index contributed by atoms with van der Waals surface area (Å²) < 4.78 is 6.35. The summed E-state index contributed by atoms with van der Waals surface area (Å²) in [6.45, 7) is 0. The van der Waals surface area contributed by atoms with Crippen molar-refractivity contribution in [1.82, 2.24) is 0 Å². The summed E-state index contributed by atoms with van der Waals surface area (Å²) in [6, 6.07) is 63.1. The van der Waals surface area contributed by atoms with Crippen LogP contribution in [0, 0.1) is 0 Å². The molecule has 2 heteroatoms. The molecule has 1 aliphatic rings. The first-order chi connectivity index (χ1) is 22.3. The van der Waals surface area contributed by atoms with Crippen LogP contribution in [0.15, 0.2) is 180 Å². The Labute approximate surface area is 262 Å². The number of benzene rings is 7. The SMILES string of the molecule is c1ccc(-c2ccc(N(c3ccccc3)c3cccc(C4(c5ccccc5)c5cccc6oc7cccc4c7c56)c3)cc2)cc1. The molecular weight excluding hydrogens is 546 g/mol. The molecule has 7 aromatic carbocycles. The molecule has 0 spiro atoms. The zero-order chi connectivity index (χ0) is 29.8. The van der Waals surface area contributed by atoms with Gasteiger partial charge in [-0.3, -0.25) is 0 Å². The molecular formula is C43H29NO. The van der Waals surface area contributed by atoms with Crippen LogP contribution in [0.5, 0.6) is 0 Å². The van der Waals surface area contributed by atoms with Crippen molar-refractivity contribution < 1.29 is 4.42 Å². The minimum atomic E-state index is -0.489. The number of nitrogens with zero attached hydrogens (tertiary/aromatic N) is 1. The summed E-state index contributed by atoms with van der Waals surface area (Å²) in [7, 11) is 0. The highest BCUT2D eigenvalue weighted by atomic mass is 16.3. The van der Waals surface area contributed by atoms with E-state index < -0.39 is 5.41 Å². The van der Waals surface area contributed by atoms with E-state index in [1.165, 1.54) is 44.2 Å². The Hall–Kier alpha value is -5.86. The van der Waals surface area contributed by atoms with Gasteiger partial charge >= 0.3 is 0 Å². The summed E-state index contributed by atoms with van der Waals surface area (Å²) in [5, 5.41) is 2.43. The molecule has 1 aromatic heterocycles. The van der Waals surface area contributed by atoms with Crippen LogP contribution in [0.3, 0.4) is 0 Å². The maximum absolute atomic E-state index is 6.35. The smallest absolute Gasteiger partial charge is 0.135 e. The van der Waals surface area contributed by atoms with Gasteiger partial charge in [0.05, 0.1) is 5.41 Å². The summed E-state index contributed by atoms with van der Waals surface area (Å²) >= 11 is 0. The van der Waals surface area contributed by atoms with Gasteiger partial charge in [-0.15, -0.1) is 0 Å². The molecule has 2 nitrogen and oxygen atoms in total. The van der Waals surface area contributed by atoms with Crippen LogP contribution in [0.25, 0.3) is 33.1 Å². The molecule has 1 aliphatic carbocycles. The second-order valence-electron chi connectivity index (χ2n) is 11.7. The van der Waals surface area contributed by atoms with Crippen LogP contribution in [0.1, 0.15) is 22.3 Å². The minimum absolute atomic E-state index is 0.489. The highest BCUT2D eigenvalue weighted by Crippen LogP contribution is 2.57. The summed E-state index contributed by atoms with van der Waals surface area (Å²) in [5.41, 5.74) is 12.1. The number of anilines is 3. The quantitative estimate of drug-likeness (QED) is 0.196. The lowest BCUT2D eigenvalue weighted by molar-refractivity contribution is 0.663. The van der Waals surface area contributed by atoms with Crippen molar-refractivity contribution in [1.29, 1.82) is 0 Å². The Morgan fingerprint density at radius 3 is 1.51 bits per heavy atom. The first-order valence-corrected chi connectivity index (χ1v) is 15.4. The lowest BCUT2D eigenvalue weighted by Crippen LogP contribution is -2.29. The van der Waals surface area contributed by atoms with E-state index in [0.29, 0.717) is 0 Å². The van der Waals surface area contributed by atoms with E-state index in [2.05, 4.69) is 181 Å². The van der Waals surface area contributed by atoms with Crippen molar-refractivity contribution in [2.45, 2.75) is 5.41 Å². The number of furan rings is 1. The molecule has 0 aliphatic heterocycles. The molecule has 0 unspecified atom stereocenters. The van der Waals surface area contributed by atoms with Gasteiger partial charge in [0.2, 0.25) is 0 Å². The topological polar surface area (TPSA) is 16.4 Å². The summed E-state index contributed by atoms with van der Waals surface area (Å²) in [4.78, 5) is 2.36. The van der Waals surface area contributed by atoms with Gasteiger partial charge in [0.25, 0.3) is 0 Å². The zero-order valence-corrected chi connectivity index (χ0v) is 24.6. The van der Waals surface area contributed by atoms with Gasteiger partial charge in [-0.25, -0.2) is 0 Å². The Morgan fingerprint density at radius 1 is 0.378 bits per heavy atom. The van der Waals surface area contributed by atoms with Crippen molar-refractivity contribution >= 4 is 39.0 Å². The van der Waals surface area contributed by atoms with Crippen molar-refractivity contribution in [2.75, 3.05) is 4.90 Å². The lowest BCUT2D eigenvalue weighted by atomic mass is 9.67. The standard InChI is InChI=1S/C43H29NO/c1-4-13-30(14-5-1)31-25-27-35(28-26-31)44(34-18-8-3-9-19-34)36-20-10-17-33(29-36)43(32-15-6-2-7-16-32)37-21-11-23-39-41(37)42-38(43)22-12-24-40(42)45-39/h1-29H. The molecule has 0 saturated heterocycles. The Morgan fingerprint density at radius 2 is 0.867 bits per heavy atom. The molecule has 0 N–H and O–H groups in total. The third-order valence-electron chi connectivity index (χ3n) is 9.32. The van der Waals surface area contributed by atoms with Crippen LogP contribution in [0.2, 0.25) is 0 Å². The normalized spacial score (nSPS) is 13.1. The predicted octanol–water partition coefficient (Wildman–Crippen LogP) is 11.4. The van der Waals surface area contributed by atoms with E-state index in [9.17, 15) is 0 Å². The summed E-state index contributed by atoms with van der Waals surface area (Å²) in [5.74, 6) is 0. The molecule has 0 fully saturated rings. The van der Waals surface area contributed by atoms with E-state index in [1.807, 2.05) is 0 Å². The average Bonchev–Trinajstić information content (AvgIpc) is 3.66. The van der Waals surface area contributed by atoms with E-state index in [-0.39, 0.29) is 0 Å². The molecule has 1 heterocycles. The van der Waals surface area contributed by atoms with Crippen molar-refractivity contribution in [3.63, 3.8) is 0 Å². The molecule has 8 aromatic rings. The van der Waals surface area contributed by atoms with Crippen molar-refractivity contribution in [2.24, 2.45) is 0 Å².